The van der Waals surface area contributed by atoms with E-state index in [4.69, 9.17) is 9.52 Å². The van der Waals surface area contributed by atoms with E-state index in [1.165, 1.54) is 6.26 Å². The van der Waals surface area contributed by atoms with Crippen LogP contribution in [0.4, 0.5) is 0 Å². The summed E-state index contributed by atoms with van der Waals surface area (Å²) < 4.78 is 7.04. The highest BCUT2D eigenvalue weighted by Crippen LogP contribution is 2.24. The van der Waals surface area contributed by atoms with Gasteiger partial charge in [-0.3, -0.25) is 9.48 Å². The van der Waals surface area contributed by atoms with E-state index in [9.17, 15) is 10.1 Å². The van der Waals surface area contributed by atoms with Crippen molar-refractivity contribution in [1.29, 1.82) is 5.26 Å². The molecule has 0 atom stereocenters. The molecule has 0 aliphatic rings. The molecule has 4 rings (SSSR count). The number of hydrogen-bond acceptors (Lipinski definition) is 4. The average molecular weight is 408 g/mol. The minimum absolute atomic E-state index is 0.00278. The third-order valence-corrected chi connectivity index (χ3v) is 4.69. The first-order chi connectivity index (χ1) is 15.2. The molecule has 152 valence electrons. The summed E-state index contributed by atoms with van der Waals surface area (Å²) in [5.41, 5.74) is 3.43. The summed E-state index contributed by atoms with van der Waals surface area (Å²) in [6, 6.07) is 25.2. The van der Waals surface area contributed by atoms with E-state index in [1.807, 2.05) is 77.6 Å². The number of amides is 1. The summed E-state index contributed by atoms with van der Waals surface area (Å²) in [7, 11) is 0. The van der Waals surface area contributed by atoms with Crippen LogP contribution in [0.3, 0.4) is 0 Å². The number of aromatic nitrogens is 2. The third kappa shape index (κ3) is 4.98. The smallest absolute Gasteiger partial charge is 0.262 e. The second-order valence-corrected chi connectivity index (χ2v) is 6.91. The summed E-state index contributed by atoms with van der Waals surface area (Å²) >= 11 is 0. The highest BCUT2D eigenvalue weighted by Gasteiger charge is 2.15. The van der Waals surface area contributed by atoms with E-state index in [1.54, 1.807) is 18.2 Å². The van der Waals surface area contributed by atoms with E-state index in [-0.39, 0.29) is 12.1 Å². The van der Waals surface area contributed by atoms with Crippen LogP contribution in [0.1, 0.15) is 16.9 Å². The third-order valence-electron chi connectivity index (χ3n) is 4.69. The summed E-state index contributed by atoms with van der Waals surface area (Å²) in [6.07, 6.45) is 4.97. The Labute approximate surface area is 180 Å². The predicted molar refractivity (Wildman–Crippen MR) is 117 cm³/mol. The summed E-state index contributed by atoms with van der Waals surface area (Å²) in [5.74, 6) is 0.153. The number of hydrogen-bond donors (Lipinski definition) is 1. The molecule has 0 aliphatic heterocycles. The van der Waals surface area contributed by atoms with Crippen LogP contribution in [0.15, 0.2) is 95.2 Å². The lowest BCUT2D eigenvalue weighted by Gasteiger charge is -2.02. The molecule has 2 aromatic heterocycles. The highest BCUT2D eigenvalue weighted by molar-refractivity contribution is 6.02. The molecule has 1 amide bonds. The van der Waals surface area contributed by atoms with Crippen LogP contribution in [0.2, 0.25) is 0 Å². The molecule has 31 heavy (non-hydrogen) atoms. The Hall–Kier alpha value is -4.37. The van der Waals surface area contributed by atoms with Crippen LogP contribution in [0.25, 0.3) is 17.3 Å². The zero-order valence-electron chi connectivity index (χ0n) is 16.7. The maximum Gasteiger partial charge on any atom is 0.262 e. The van der Waals surface area contributed by atoms with Gasteiger partial charge in [0.15, 0.2) is 0 Å². The van der Waals surface area contributed by atoms with Gasteiger partial charge in [-0.2, -0.15) is 10.4 Å². The van der Waals surface area contributed by atoms with Crippen LogP contribution in [-0.4, -0.2) is 15.7 Å². The first kappa shape index (κ1) is 19.9. The van der Waals surface area contributed by atoms with Gasteiger partial charge in [0.25, 0.3) is 5.91 Å². The molecule has 0 unspecified atom stereocenters. The lowest BCUT2D eigenvalue weighted by Crippen LogP contribution is -2.23. The van der Waals surface area contributed by atoms with Gasteiger partial charge in [-0.15, -0.1) is 0 Å². The molecule has 6 nitrogen and oxygen atoms in total. The fourth-order valence-corrected chi connectivity index (χ4v) is 3.19. The van der Waals surface area contributed by atoms with Gasteiger partial charge in [-0.05, 0) is 23.8 Å². The Morgan fingerprint density at radius 1 is 1.06 bits per heavy atom. The maximum absolute atomic E-state index is 12.5. The van der Waals surface area contributed by atoms with E-state index < -0.39 is 5.91 Å². The molecule has 0 saturated heterocycles. The zero-order chi connectivity index (χ0) is 21.5. The molecular formula is C25H20N4O2. The van der Waals surface area contributed by atoms with Crippen LogP contribution >= 0.6 is 0 Å². The number of carbonyl (C=O) groups excluding carboxylic acids is 1. The van der Waals surface area contributed by atoms with Gasteiger partial charge in [0, 0.05) is 17.3 Å². The van der Waals surface area contributed by atoms with Gasteiger partial charge in [-0.25, -0.2) is 0 Å². The molecule has 0 radical (unpaired) electrons. The van der Waals surface area contributed by atoms with Gasteiger partial charge in [0.05, 0.1) is 25.0 Å². The van der Waals surface area contributed by atoms with Crippen LogP contribution in [0, 0.1) is 11.3 Å². The maximum atomic E-state index is 12.5. The number of nitrogens with zero attached hydrogens (tertiary/aromatic N) is 3. The first-order valence-corrected chi connectivity index (χ1v) is 9.82. The number of benzene rings is 2. The van der Waals surface area contributed by atoms with Crippen molar-refractivity contribution in [2.45, 2.75) is 13.1 Å². The van der Waals surface area contributed by atoms with Crippen LogP contribution in [0.5, 0.6) is 0 Å². The van der Waals surface area contributed by atoms with Gasteiger partial charge in [0.1, 0.15) is 17.4 Å². The van der Waals surface area contributed by atoms with E-state index in [2.05, 4.69) is 5.32 Å². The largest absolute Gasteiger partial charge is 0.467 e. The SMILES string of the molecule is N#C/C(=C\c1cn(Cc2ccccc2)nc1-c1ccccc1)C(=O)NCc1ccco1. The highest BCUT2D eigenvalue weighted by atomic mass is 16.3. The van der Waals surface area contributed by atoms with Gasteiger partial charge < -0.3 is 9.73 Å². The fourth-order valence-electron chi connectivity index (χ4n) is 3.19. The number of nitriles is 1. The van der Waals surface area contributed by atoms with Crippen molar-refractivity contribution in [2.24, 2.45) is 0 Å². The molecule has 2 heterocycles. The van der Waals surface area contributed by atoms with Crippen molar-refractivity contribution in [2.75, 3.05) is 0 Å². The molecular weight excluding hydrogens is 388 g/mol. The Bertz CT molecular complexity index is 1220. The van der Waals surface area contributed by atoms with Crippen molar-refractivity contribution < 1.29 is 9.21 Å². The number of carbonyl (C=O) groups is 1. The number of nitrogens with one attached hydrogen (secondary N) is 1. The first-order valence-electron chi connectivity index (χ1n) is 9.82. The minimum atomic E-state index is -0.464. The normalized spacial score (nSPS) is 11.1. The Morgan fingerprint density at radius 3 is 2.48 bits per heavy atom. The second-order valence-electron chi connectivity index (χ2n) is 6.91. The predicted octanol–water partition coefficient (Wildman–Crippen LogP) is 4.41. The van der Waals surface area contributed by atoms with Crippen molar-refractivity contribution in [3.05, 3.63) is 108 Å². The topological polar surface area (TPSA) is 83.8 Å². The molecule has 6 heteroatoms. The molecule has 0 saturated carbocycles. The molecule has 0 bridgehead atoms. The minimum Gasteiger partial charge on any atom is -0.467 e. The lowest BCUT2D eigenvalue weighted by atomic mass is 10.1. The molecule has 0 spiro atoms. The molecule has 2 aromatic carbocycles. The van der Waals surface area contributed by atoms with Crippen LogP contribution in [-0.2, 0) is 17.9 Å². The van der Waals surface area contributed by atoms with Crippen molar-refractivity contribution >= 4 is 12.0 Å². The van der Waals surface area contributed by atoms with E-state index in [0.29, 0.717) is 23.6 Å². The Kier molecular flexibility index (Phi) is 6.05. The summed E-state index contributed by atoms with van der Waals surface area (Å²) in [5, 5.41) is 17.0. The molecule has 0 fully saturated rings. The van der Waals surface area contributed by atoms with E-state index >= 15 is 0 Å². The van der Waals surface area contributed by atoms with Crippen molar-refractivity contribution in [3.63, 3.8) is 0 Å². The molecule has 1 N–H and O–H groups in total. The van der Waals surface area contributed by atoms with E-state index in [0.717, 1.165) is 11.1 Å². The van der Waals surface area contributed by atoms with Crippen LogP contribution < -0.4 is 5.32 Å². The second kappa shape index (κ2) is 9.42. The molecule has 4 aromatic rings. The summed E-state index contributed by atoms with van der Waals surface area (Å²) in [4.78, 5) is 12.5. The lowest BCUT2D eigenvalue weighted by molar-refractivity contribution is -0.117. The Balaban J connectivity index is 1.64. The summed E-state index contributed by atoms with van der Waals surface area (Å²) in [6.45, 7) is 0.796. The Morgan fingerprint density at radius 2 is 1.81 bits per heavy atom. The molecule has 0 aliphatic carbocycles. The van der Waals surface area contributed by atoms with Crippen molar-refractivity contribution in [3.8, 4) is 17.3 Å². The average Bonchev–Trinajstić information content (AvgIpc) is 3.47. The van der Waals surface area contributed by atoms with Gasteiger partial charge in [0.2, 0.25) is 0 Å². The number of rotatable bonds is 7. The van der Waals surface area contributed by atoms with Gasteiger partial charge in [-0.1, -0.05) is 60.7 Å². The van der Waals surface area contributed by atoms with Gasteiger partial charge >= 0.3 is 0 Å². The standard InChI is InChI=1S/C25H20N4O2/c26-15-21(25(30)27-16-23-12-7-13-31-23)14-22-18-29(17-19-8-3-1-4-9-19)28-24(22)20-10-5-2-6-11-20/h1-14,18H,16-17H2,(H,27,30)/b21-14+. The fraction of sp³-hybridized carbons (Fsp3) is 0.0800. The zero-order valence-corrected chi connectivity index (χ0v) is 16.7. The van der Waals surface area contributed by atoms with Crippen molar-refractivity contribution in [1.82, 2.24) is 15.1 Å². The monoisotopic (exact) mass is 408 g/mol. The number of furan rings is 1. The quantitative estimate of drug-likeness (QED) is 0.363.